The second kappa shape index (κ2) is 9.94. The van der Waals surface area contributed by atoms with E-state index in [1.165, 1.54) is 5.56 Å². The zero-order chi connectivity index (χ0) is 17.2. The molecule has 0 aliphatic rings. The van der Waals surface area contributed by atoms with Crippen LogP contribution in [0, 0.1) is 24.2 Å². The summed E-state index contributed by atoms with van der Waals surface area (Å²) in [5, 5.41) is 14.0. The van der Waals surface area contributed by atoms with Gasteiger partial charge in [-0.25, -0.2) is 0 Å². The van der Waals surface area contributed by atoms with Crippen molar-refractivity contribution >= 4 is 17.3 Å². The Morgan fingerprint density at radius 2 is 2.13 bits per heavy atom. The van der Waals surface area contributed by atoms with Gasteiger partial charge in [-0.1, -0.05) is 41.1 Å². The van der Waals surface area contributed by atoms with E-state index in [1.807, 2.05) is 6.07 Å². The third-order valence-electron chi connectivity index (χ3n) is 3.13. The van der Waals surface area contributed by atoms with E-state index in [0.717, 1.165) is 11.1 Å². The lowest BCUT2D eigenvalue weighted by Gasteiger charge is -2.11. The van der Waals surface area contributed by atoms with Crippen LogP contribution in [0.25, 0.3) is 0 Å². The van der Waals surface area contributed by atoms with Crippen molar-refractivity contribution in [1.29, 1.82) is 5.41 Å². The van der Waals surface area contributed by atoms with Gasteiger partial charge in [-0.15, -0.1) is 0 Å². The highest BCUT2D eigenvalue weighted by atomic mass is 35.5. The van der Waals surface area contributed by atoms with Crippen molar-refractivity contribution < 1.29 is 4.74 Å². The van der Waals surface area contributed by atoms with Crippen LogP contribution in [0.2, 0.25) is 0 Å². The van der Waals surface area contributed by atoms with Crippen molar-refractivity contribution in [2.45, 2.75) is 26.9 Å². The SMILES string of the molecule is CN/C(NCCC#Cc1ccc(C)cc1COC)=C(/Cl)C(C)=N. The molecule has 0 fully saturated rings. The largest absolute Gasteiger partial charge is 0.380 e. The quantitative estimate of drug-likeness (QED) is 0.408. The molecule has 0 spiro atoms. The van der Waals surface area contributed by atoms with Crippen LogP contribution in [0.15, 0.2) is 29.1 Å². The van der Waals surface area contributed by atoms with Gasteiger partial charge in [0.05, 0.1) is 12.3 Å². The molecule has 23 heavy (non-hydrogen) atoms. The summed E-state index contributed by atoms with van der Waals surface area (Å²) in [5.74, 6) is 6.99. The molecule has 0 heterocycles. The summed E-state index contributed by atoms with van der Waals surface area (Å²) in [4.78, 5) is 0. The third kappa shape index (κ3) is 6.35. The van der Waals surface area contributed by atoms with Crippen LogP contribution in [-0.2, 0) is 11.3 Å². The van der Waals surface area contributed by atoms with Crippen molar-refractivity contribution in [3.63, 3.8) is 0 Å². The Balaban J connectivity index is 2.66. The molecule has 0 radical (unpaired) electrons. The molecular formula is C18H24ClN3O. The molecule has 0 aliphatic carbocycles. The lowest BCUT2D eigenvalue weighted by atomic mass is 10.1. The molecule has 0 amide bonds. The molecule has 0 aromatic heterocycles. The van der Waals surface area contributed by atoms with Crippen LogP contribution in [0.3, 0.4) is 0 Å². The Labute approximate surface area is 143 Å². The minimum atomic E-state index is 0.318. The monoisotopic (exact) mass is 333 g/mol. The number of ether oxygens (including phenoxy) is 1. The number of nitrogens with one attached hydrogen (secondary N) is 3. The van der Waals surface area contributed by atoms with E-state index < -0.39 is 0 Å². The van der Waals surface area contributed by atoms with E-state index in [1.54, 1.807) is 21.1 Å². The fourth-order valence-electron chi connectivity index (χ4n) is 1.99. The summed E-state index contributed by atoms with van der Waals surface area (Å²) >= 11 is 6.04. The predicted molar refractivity (Wildman–Crippen MR) is 96.7 cm³/mol. The summed E-state index contributed by atoms with van der Waals surface area (Å²) in [6, 6.07) is 6.18. The molecule has 0 atom stereocenters. The molecule has 0 bridgehead atoms. The van der Waals surface area contributed by atoms with Gasteiger partial charge in [0.1, 0.15) is 10.9 Å². The Bertz CT molecular complexity index is 641. The third-order valence-corrected chi connectivity index (χ3v) is 3.61. The van der Waals surface area contributed by atoms with Crippen LogP contribution < -0.4 is 10.6 Å². The van der Waals surface area contributed by atoms with E-state index in [2.05, 4.69) is 41.5 Å². The molecular weight excluding hydrogens is 310 g/mol. The second-order valence-corrected chi connectivity index (χ2v) is 5.51. The Morgan fingerprint density at radius 1 is 1.39 bits per heavy atom. The number of methoxy groups -OCH3 is 1. The highest BCUT2D eigenvalue weighted by Crippen LogP contribution is 2.12. The van der Waals surface area contributed by atoms with Gasteiger partial charge in [-0.3, -0.25) is 0 Å². The lowest BCUT2D eigenvalue weighted by molar-refractivity contribution is 0.184. The number of halogens is 1. The standard InChI is InChI=1S/C18H24ClN3O/c1-13-8-9-15(16(11-13)12-23-4)7-5-6-10-22-18(21-3)17(19)14(2)20/h8-9,11,20-22H,6,10,12H2,1-4H3/b18-17-,20-14?. The average molecular weight is 334 g/mol. The molecule has 1 aromatic carbocycles. The van der Waals surface area contributed by atoms with Gasteiger partial charge in [0, 0.05) is 32.7 Å². The summed E-state index contributed by atoms with van der Waals surface area (Å²) in [6.07, 6.45) is 0.673. The molecule has 0 saturated heterocycles. The van der Waals surface area contributed by atoms with E-state index in [9.17, 15) is 0 Å². The van der Waals surface area contributed by atoms with Crippen LogP contribution in [0.1, 0.15) is 30.0 Å². The number of benzene rings is 1. The fraction of sp³-hybridized carbons (Fsp3) is 0.389. The first kappa shape index (κ1) is 19.1. The topological polar surface area (TPSA) is 57.1 Å². The maximum atomic E-state index is 7.53. The number of allylic oxidation sites excluding steroid dienone is 1. The van der Waals surface area contributed by atoms with Crippen molar-refractivity contribution in [1.82, 2.24) is 10.6 Å². The van der Waals surface area contributed by atoms with Crippen LogP contribution in [0.5, 0.6) is 0 Å². The van der Waals surface area contributed by atoms with Crippen molar-refractivity contribution in [3.05, 3.63) is 45.7 Å². The van der Waals surface area contributed by atoms with E-state index in [0.29, 0.717) is 36.1 Å². The predicted octanol–water partition coefficient (Wildman–Crippen LogP) is 3.14. The highest BCUT2D eigenvalue weighted by molar-refractivity contribution is 6.43. The fourth-order valence-corrected chi connectivity index (χ4v) is 2.15. The molecule has 124 valence electrons. The number of hydrogen-bond acceptors (Lipinski definition) is 4. The van der Waals surface area contributed by atoms with Gasteiger partial charge in [0.2, 0.25) is 0 Å². The van der Waals surface area contributed by atoms with Gasteiger partial charge in [-0.2, -0.15) is 0 Å². The summed E-state index contributed by atoms with van der Waals surface area (Å²) in [7, 11) is 3.45. The molecule has 4 nitrogen and oxygen atoms in total. The van der Waals surface area contributed by atoms with E-state index in [-0.39, 0.29) is 0 Å². The average Bonchev–Trinajstić information content (AvgIpc) is 2.52. The molecule has 0 saturated carbocycles. The van der Waals surface area contributed by atoms with E-state index in [4.69, 9.17) is 21.7 Å². The molecule has 5 heteroatoms. The normalized spacial score (nSPS) is 11.2. The number of aryl methyl sites for hydroxylation is 1. The maximum absolute atomic E-state index is 7.53. The summed E-state index contributed by atoms with van der Waals surface area (Å²) < 4.78 is 5.22. The van der Waals surface area contributed by atoms with Gasteiger partial charge in [-0.05, 0) is 25.5 Å². The van der Waals surface area contributed by atoms with Crippen LogP contribution in [0.4, 0.5) is 0 Å². The molecule has 0 aliphatic heterocycles. The summed E-state index contributed by atoms with van der Waals surface area (Å²) in [6.45, 7) is 4.92. The smallest absolute Gasteiger partial charge is 0.119 e. The lowest BCUT2D eigenvalue weighted by Crippen LogP contribution is -2.26. The Morgan fingerprint density at radius 3 is 2.74 bits per heavy atom. The number of hydrogen-bond donors (Lipinski definition) is 3. The van der Waals surface area contributed by atoms with Crippen LogP contribution in [-0.4, -0.2) is 26.4 Å². The molecule has 1 aromatic rings. The maximum Gasteiger partial charge on any atom is 0.119 e. The minimum Gasteiger partial charge on any atom is -0.380 e. The Kier molecular flexibility index (Phi) is 8.25. The van der Waals surface area contributed by atoms with Crippen molar-refractivity contribution in [2.24, 2.45) is 0 Å². The zero-order valence-corrected chi connectivity index (χ0v) is 14.9. The zero-order valence-electron chi connectivity index (χ0n) is 14.1. The first-order valence-electron chi connectivity index (χ1n) is 7.43. The summed E-state index contributed by atoms with van der Waals surface area (Å²) in [5.41, 5.74) is 3.62. The molecule has 3 N–H and O–H groups in total. The van der Waals surface area contributed by atoms with Gasteiger partial charge >= 0.3 is 0 Å². The first-order valence-corrected chi connectivity index (χ1v) is 7.81. The second-order valence-electron chi connectivity index (χ2n) is 5.14. The van der Waals surface area contributed by atoms with Crippen molar-refractivity contribution in [3.8, 4) is 11.8 Å². The van der Waals surface area contributed by atoms with E-state index >= 15 is 0 Å². The molecule has 1 rings (SSSR count). The van der Waals surface area contributed by atoms with Gasteiger partial charge in [0.25, 0.3) is 0 Å². The molecule has 0 unspecified atom stereocenters. The Hall–Kier alpha value is -1.96. The number of rotatable bonds is 7. The van der Waals surface area contributed by atoms with Crippen molar-refractivity contribution in [2.75, 3.05) is 20.7 Å². The minimum absolute atomic E-state index is 0.318. The van der Waals surface area contributed by atoms with Crippen LogP contribution >= 0.6 is 11.6 Å². The van der Waals surface area contributed by atoms with Gasteiger partial charge in [0.15, 0.2) is 0 Å². The first-order chi connectivity index (χ1) is 11.0. The van der Waals surface area contributed by atoms with Gasteiger partial charge < -0.3 is 20.8 Å². The highest BCUT2D eigenvalue weighted by Gasteiger charge is 2.04.